The third-order valence-electron chi connectivity index (χ3n) is 2.16. The van der Waals surface area contributed by atoms with Crippen LogP contribution in [0.5, 0.6) is 5.88 Å². The molecule has 3 N–H and O–H groups in total. The van der Waals surface area contributed by atoms with Gasteiger partial charge in [0.25, 0.3) is 0 Å². The van der Waals surface area contributed by atoms with Gasteiger partial charge in [0.05, 0.1) is 10.9 Å². The van der Waals surface area contributed by atoms with Crippen LogP contribution in [0.25, 0.3) is 10.6 Å². The molecule has 0 atom stereocenters. The number of amides is 1. The lowest BCUT2D eigenvalue weighted by atomic mass is 10.1. The fourth-order valence-electron chi connectivity index (χ4n) is 1.37. The summed E-state index contributed by atoms with van der Waals surface area (Å²) in [6.45, 7) is 0. The first-order valence-electron chi connectivity index (χ1n) is 5.07. The van der Waals surface area contributed by atoms with Crippen molar-refractivity contribution in [2.24, 2.45) is 5.84 Å². The minimum Gasteiger partial charge on any atom is -0.389 e. The van der Waals surface area contributed by atoms with Crippen LogP contribution in [0.4, 0.5) is 18.0 Å². The van der Waals surface area contributed by atoms with Gasteiger partial charge in [-0.15, -0.1) is 11.3 Å². The number of hydrogen-bond acceptors (Lipinski definition) is 6. The Morgan fingerprint density at radius 3 is 2.85 bits per heavy atom. The molecule has 2 aromatic rings. The molecule has 10 heteroatoms. The summed E-state index contributed by atoms with van der Waals surface area (Å²) >= 11 is 0.888. The van der Waals surface area contributed by atoms with Crippen LogP contribution in [0, 0.1) is 0 Å². The van der Waals surface area contributed by atoms with Crippen molar-refractivity contribution in [3.8, 4) is 16.5 Å². The average Bonchev–Trinajstić information content (AvgIpc) is 2.86. The third kappa shape index (κ3) is 3.03. The lowest BCUT2D eigenvalue weighted by molar-refractivity contribution is -0.137. The molecule has 0 radical (unpaired) electrons. The zero-order chi connectivity index (χ0) is 14.8. The molecule has 2 aromatic heterocycles. The Balaban J connectivity index is 2.36. The standard InChI is InChI=1S/C10H7F3N4O2S/c11-10(12,13)6-1-2-15-3-5(6)8-16-7(4-20-8)19-9(18)17-14/h1-4H,14H2,(H,17,18). The monoisotopic (exact) mass is 304 g/mol. The lowest BCUT2D eigenvalue weighted by Crippen LogP contribution is -2.32. The number of pyridine rings is 1. The highest BCUT2D eigenvalue weighted by Gasteiger charge is 2.34. The smallest absolute Gasteiger partial charge is 0.389 e. The molecule has 0 aromatic carbocycles. The second-order valence-corrected chi connectivity index (χ2v) is 4.30. The highest BCUT2D eigenvalue weighted by Crippen LogP contribution is 2.38. The molecular formula is C10H7F3N4O2S. The molecule has 2 heterocycles. The van der Waals surface area contributed by atoms with Gasteiger partial charge in [-0.05, 0) is 6.07 Å². The summed E-state index contributed by atoms with van der Waals surface area (Å²) in [6, 6.07) is 0.851. The van der Waals surface area contributed by atoms with E-state index < -0.39 is 17.8 Å². The Morgan fingerprint density at radius 2 is 2.20 bits per heavy atom. The Bertz CT molecular complexity index is 629. The number of ether oxygens (including phenoxy) is 1. The minimum atomic E-state index is -4.53. The van der Waals surface area contributed by atoms with Gasteiger partial charge >= 0.3 is 12.3 Å². The lowest BCUT2D eigenvalue weighted by Gasteiger charge is -2.09. The first kappa shape index (κ1) is 14.2. The number of rotatable bonds is 2. The summed E-state index contributed by atoms with van der Waals surface area (Å²) in [6.07, 6.45) is -3.41. The van der Waals surface area contributed by atoms with E-state index in [-0.39, 0.29) is 16.5 Å². The van der Waals surface area contributed by atoms with Crippen molar-refractivity contribution in [1.29, 1.82) is 0 Å². The molecule has 0 aliphatic rings. The van der Waals surface area contributed by atoms with Gasteiger partial charge in [0.1, 0.15) is 5.01 Å². The van der Waals surface area contributed by atoms with Gasteiger partial charge in [-0.2, -0.15) is 13.2 Å². The highest BCUT2D eigenvalue weighted by atomic mass is 32.1. The molecule has 0 aliphatic heterocycles. The van der Waals surface area contributed by atoms with Crippen LogP contribution in [-0.4, -0.2) is 16.1 Å². The predicted octanol–water partition coefficient (Wildman–Crippen LogP) is 2.19. The van der Waals surface area contributed by atoms with Crippen LogP contribution in [0.3, 0.4) is 0 Å². The summed E-state index contributed by atoms with van der Waals surface area (Å²) in [4.78, 5) is 18.3. The molecule has 0 bridgehead atoms. The van der Waals surface area contributed by atoms with Crippen molar-refractivity contribution >= 4 is 17.4 Å². The number of carbonyl (C=O) groups excluding carboxylic acids is 1. The van der Waals surface area contributed by atoms with Crippen molar-refractivity contribution in [3.05, 3.63) is 29.4 Å². The molecule has 1 amide bonds. The van der Waals surface area contributed by atoms with Crippen LogP contribution >= 0.6 is 11.3 Å². The molecule has 6 nitrogen and oxygen atoms in total. The molecule has 0 saturated heterocycles. The van der Waals surface area contributed by atoms with Crippen molar-refractivity contribution in [3.63, 3.8) is 0 Å². The van der Waals surface area contributed by atoms with E-state index in [0.717, 1.165) is 29.8 Å². The quantitative estimate of drug-likeness (QED) is 0.504. The Morgan fingerprint density at radius 1 is 1.45 bits per heavy atom. The minimum absolute atomic E-state index is 0.0326. The van der Waals surface area contributed by atoms with E-state index >= 15 is 0 Å². The number of carbonyl (C=O) groups is 1. The van der Waals surface area contributed by atoms with Gasteiger partial charge in [0, 0.05) is 18.0 Å². The molecule has 0 aliphatic carbocycles. The van der Waals surface area contributed by atoms with Gasteiger partial charge in [-0.1, -0.05) is 0 Å². The highest BCUT2D eigenvalue weighted by molar-refractivity contribution is 7.13. The molecule has 20 heavy (non-hydrogen) atoms. The Hall–Kier alpha value is -2.20. The van der Waals surface area contributed by atoms with Crippen molar-refractivity contribution in [1.82, 2.24) is 15.4 Å². The SMILES string of the molecule is NNC(=O)Oc1csc(-c2cnccc2C(F)(F)F)n1. The number of hydrogen-bond donors (Lipinski definition) is 2. The molecule has 0 saturated carbocycles. The van der Waals surface area contributed by atoms with Crippen LogP contribution in [0.15, 0.2) is 23.8 Å². The number of alkyl halides is 3. The van der Waals surface area contributed by atoms with E-state index in [9.17, 15) is 18.0 Å². The van der Waals surface area contributed by atoms with Gasteiger partial charge in [0.2, 0.25) is 5.88 Å². The van der Waals surface area contributed by atoms with Crippen LogP contribution in [0.2, 0.25) is 0 Å². The Kier molecular flexibility index (Phi) is 3.86. The fraction of sp³-hybridized carbons (Fsp3) is 0.100. The van der Waals surface area contributed by atoms with E-state index in [1.165, 1.54) is 5.38 Å². The zero-order valence-electron chi connectivity index (χ0n) is 9.64. The number of halogens is 3. The van der Waals surface area contributed by atoms with Gasteiger partial charge in [-0.25, -0.2) is 15.6 Å². The third-order valence-corrected chi connectivity index (χ3v) is 3.01. The van der Waals surface area contributed by atoms with E-state index in [0.29, 0.717) is 0 Å². The van der Waals surface area contributed by atoms with E-state index in [4.69, 9.17) is 5.84 Å². The second-order valence-electron chi connectivity index (χ2n) is 3.44. The number of nitrogens with one attached hydrogen (secondary N) is 1. The van der Waals surface area contributed by atoms with Crippen molar-refractivity contribution in [2.45, 2.75) is 6.18 Å². The Labute approximate surface area is 114 Å². The molecule has 0 spiro atoms. The summed E-state index contributed by atoms with van der Waals surface area (Å²) in [5, 5.41) is 1.32. The molecule has 0 fully saturated rings. The summed E-state index contributed by atoms with van der Waals surface area (Å²) < 4.78 is 43.1. The topological polar surface area (TPSA) is 90.1 Å². The van der Waals surface area contributed by atoms with Gasteiger partial charge in [0.15, 0.2) is 0 Å². The molecule has 2 rings (SSSR count). The maximum Gasteiger partial charge on any atom is 0.428 e. The number of hydrazine groups is 1. The van der Waals surface area contributed by atoms with E-state index in [1.54, 1.807) is 5.43 Å². The van der Waals surface area contributed by atoms with Gasteiger partial charge < -0.3 is 4.74 Å². The molecule has 106 valence electrons. The van der Waals surface area contributed by atoms with Crippen molar-refractivity contribution < 1.29 is 22.7 Å². The maximum absolute atomic E-state index is 12.8. The number of nitrogens with zero attached hydrogens (tertiary/aromatic N) is 2. The van der Waals surface area contributed by atoms with Gasteiger partial charge in [-0.3, -0.25) is 10.4 Å². The van der Waals surface area contributed by atoms with Crippen LogP contribution in [0.1, 0.15) is 5.56 Å². The molecular weight excluding hydrogens is 297 g/mol. The normalized spacial score (nSPS) is 11.2. The molecule has 0 unspecified atom stereocenters. The first-order valence-corrected chi connectivity index (χ1v) is 5.95. The fourth-order valence-corrected chi connectivity index (χ4v) is 2.11. The van der Waals surface area contributed by atoms with Crippen LogP contribution < -0.4 is 16.0 Å². The van der Waals surface area contributed by atoms with E-state index in [1.807, 2.05) is 0 Å². The summed E-state index contributed by atoms with van der Waals surface area (Å²) in [5.41, 5.74) is 0.658. The van der Waals surface area contributed by atoms with Crippen molar-refractivity contribution in [2.75, 3.05) is 0 Å². The number of thiazole rings is 1. The summed E-state index contributed by atoms with van der Waals surface area (Å²) in [7, 11) is 0. The van der Waals surface area contributed by atoms with Crippen LogP contribution in [-0.2, 0) is 6.18 Å². The largest absolute Gasteiger partial charge is 0.428 e. The summed E-state index contributed by atoms with van der Waals surface area (Å²) in [5.74, 6) is 4.66. The second kappa shape index (κ2) is 5.43. The zero-order valence-corrected chi connectivity index (χ0v) is 10.5. The van der Waals surface area contributed by atoms with E-state index in [2.05, 4.69) is 14.7 Å². The number of nitrogens with two attached hydrogens (primary N) is 1. The average molecular weight is 304 g/mol. The first-order chi connectivity index (χ1) is 9.41. The number of aromatic nitrogens is 2. The predicted molar refractivity (Wildman–Crippen MR) is 63.7 cm³/mol. The maximum atomic E-state index is 12.8.